The van der Waals surface area contributed by atoms with Crippen LogP contribution >= 0.6 is 0 Å². The van der Waals surface area contributed by atoms with Crippen molar-refractivity contribution in [2.75, 3.05) is 0 Å². The van der Waals surface area contributed by atoms with Gasteiger partial charge in [-0.05, 0) is 68.1 Å². The summed E-state index contributed by atoms with van der Waals surface area (Å²) < 4.78 is 0. The fourth-order valence-corrected chi connectivity index (χ4v) is 6.71. The summed E-state index contributed by atoms with van der Waals surface area (Å²) in [5, 5.41) is 28.3. The number of hydrogen-bond donors (Lipinski definition) is 0. The molecule has 0 amide bonds. The van der Waals surface area contributed by atoms with E-state index in [-0.39, 0.29) is 0 Å². The van der Waals surface area contributed by atoms with Crippen molar-refractivity contribution in [2.45, 2.75) is 0 Å². The van der Waals surface area contributed by atoms with Crippen molar-refractivity contribution in [3.05, 3.63) is 132 Å². The fraction of sp³-hybridized carbons (Fsp3) is 0. The van der Waals surface area contributed by atoms with Gasteiger partial charge < -0.3 is 0 Å². The highest BCUT2D eigenvalue weighted by atomic mass is 14.9. The topological polar surface area (TPSA) is 98.1 Å². The average molecular weight is 585 g/mol. The van der Waals surface area contributed by atoms with Crippen molar-refractivity contribution in [2.24, 2.45) is 9.98 Å². The number of benzene rings is 6. The molecule has 0 fully saturated rings. The van der Waals surface area contributed by atoms with E-state index in [1.54, 1.807) is 0 Å². The summed E-state index contributed by atoms with van der Waals surface area (Å²) in [7, 11) is 0. The van der Waals surface area contributed by atoms with Crippen molar-refractivity contribution in [3.8, 4) is 34.6 Å². The maximum absolute atomic E-state index is 9.71. The molecule has 9 aromatic rings. The minimum absolute atomic E-state index is 0.491. The van der Waals surface area contributed by atoms with Crippen molar-refractivity contribution in [3.63, 3.8) is 0 Å². The molecule has 8 aromatic carbocycles. The van der Waals surface area contributed by atoms with E-state index in [1.807, 2.05) is 48.8 Å². The van der Waals surface area contributed by atoms with E-state index in [9.17, 15) is 10.5 Å². The molecule has 1 heterocycles. The predicted molar refractivity (Wildman–Crippen MR) is 183 cm³/mol. The number of nitriles is 2. The Morgan fingerprint density at radius 2 is 0.783 bits per heavy atom. The molecular formula is C40H20N6. The van der Waals surface area contributed by atoms with Gasteiger partial charge in [0.05, 0.1) is 11.0 Å². The van der Waals surface area contributed by atoms with Crippen LogP contribution in [0.15, 0.2) is 131 Å². The number of aromatic nitrogens is 2. The first-order chi connectivity index (χ1) is 22.7. The summed E-state index contributed by atoms with van der Waals surface area (Å²) in [5.41, 5.74) is 6.50. The van der Waals surface area contributed by atoms with E-state index < -0.39 is 0 Å². The van der Waals surface area contributed by atoms with Gasteiger partial charge in [-0.15, -0.1) is 0 Å². The third-order valence-corrected chi connectivity index (χ3v) is 8.89. The van der Waals surface area contributed by atoms with Crippen LogP contribution < -0.4 is 10.7 Å². The summed E-state index contributed by atoms with van der Waals surface area (Å²) in [6.45, 7) is 0. The van der Waals surface area contributed by atoms with Gasteiger partial charge in [0.2, 0.25) is 12.4 Å². The highest BCUT2D eigenvalue weighted by Crippen LogP contribution is 2.33. The Balaban J connectivity index is 1.29. The fourth-order valence-electron chi connectivity index (χ4n) is 6.71. The molecule has 0 aliphatic rings. The number of nitrogens with zero attached hydrogens (tertiary/aromatic N) is 6. The van der Waals surface area contributed by atoms with Crippen LogP contribution in [0, 0.1) is 22.9 Å². The van der Waals surface area contributed by atoms with E-state index in [0.717, 1.165) is 54.6 Å². The van der Waals surface area contributed by atoms with Crippen LogP contribution in [0.25, 0.3) is 87.4 Å². The Kier molecular flexibility index (Phi) is 5.53. The second-order valence-electron chi connectivity index (χ2n) is 11.4. The normalized spacial score (nSPS) is 12.6. The maximum atomic E-state index is 9.71. The zero-order valence-corrected chi connectivity index (χ0v) is 24.2. The highest BCUT2D eigenvalue weighted by Gasteiger charge is 2.19. The first-order valence-corrected chi connectivity index (χ1v) is 14.8. The molecule has 0 aliphatic heterocycles. The van der Waals surface area contributed by atoms with Gasteiger partial charge in [-0.1, -0.05) is 97.1 Å². The SMILES string of the molecule is N#C/N=c1/c2cc(-c3ccc4ccccc4c3)ccc2c2nc3/c(=N/C#N)c4cc(-c5ccc6ccccc6c5)ccc4c3nc12. The van der Waals surface area contributed by atoms with Crippen molar-refractivity contribution in [1.29, 1.82) is 10.5 Å². The third-order valence-electron chi connectivity index (χ3n) is 8.89. The molecule has 46 heavy (non-hydrogen) atoms. The van der Waals surface area contributed by atoms with Gasteiger partial charge in [0.25, 0.3) is 0 Å². The summed E-state index contributed by atoms with van der Waals surface area (Å²) in [6.07, 6.45) is 3.96. The lowest BCUT2D eigenvalue weighted by Gasteiger charge is -2.05. The molecule has 210 valence electrons. The molecule has 6 heteroatoms. The zero-order valence-electron chi connectivity index (χ0n) is 24.2. The number of fused-ring (bicyclic) bond motifs is 8. The minimum Gasteiger partial charge on any atom is -0.241 e. The lowest BCUT2D eigenvalue weighted by Crippen LogP contribution is -2.03. The van der Waals surface area contributed by atoms with Crippen LogP contribution in [0.5, 0.6) is 0 Å². The number of hydrogen-bond acceptors (Lipinski definition) is 6. The molecule has 0 N–H and O–H groups in total. The summed E-state index contributed by atoms with van der Waals surface area (Å²) in [4.78, 5) is 18.6. The first kappa shape index (κ1) is 25.7. The quantitative estimate of drug-likeness (QED) is 0.191. The molecule has 9 rings (SSSR count). The summed E-state index contributed by atoms with van der Waals surface area (Å²) in [6, 6.07) is 41.6. The Labute approximate surface area is 261 Å². The third kappa shape index (κ3) is 3.81. The Morgan fingerprint density at radius 3 is 1.22 bits per heavy atom. The molecule has 0 unspecified atom stereocenters. The molecular weight excluding hydrogens is 564 g/mol. The molecule has 0 atom stereocenters. The molecule has 0 aliphatic carbocycles. The van der Waals surface area contributed by atoms with E-state index in [4.69, 9.17) is 9.97 Å². The Hall–Kier alpha value is -6.76. The van der Waals surface area contributed by atoms with Crippen LogP contribution in [0.1, 0.15) is 0 Å². The van der Waals surface area contributed by atoms with Gasteiger partial charge >= 0.3 is 0 Å². The van der Waals surface area contributed by atoms with Crippen molar-refractivity contribution < 1.29 is 0 Å². The van der Waals surface area contributed by atoms with Gasteiger partial charge in [0, 0.05) is 21.5 Å². The van der Waals surface area contributed by atoms with E-state index in [0.29, 0.717) is 32.8 Å². The van der Waals surface area contributed by atoms with E-state index in [1.165, 1.54) is 10.8 Å². The van der Waals surface area contributed by atoms with Crippen molar-refractivity contribution >= 4 is 65.2 Å². The first-order valence-electron chi connectivity index (χ1n) is 14.8. The lowest BCUT2D eigenvalue weighted by atomic mass is 10.00. The summed E-state index contributed by atoms with van der Waals surface area (Å²) in [5.74, 6) is 0. The molecule has 0 radical (unpaired) electrons. The van der Waals surface area contributed by atoms with Gasteiger partial charge in [0.1, 0.15) is 21.7 Å². The second-order valence-corrected chi connectivity index (χ2v) is 11.4. The lowest BCUT2D eigenvalue weighted by molar-refractivity contribution is 1.33. The van der Waals surface area contributed by atoms with Crippen LogP contribution in [-0.4, -0.2) is 9.97 Å². The van der Waals surface area contributed by atoms with Gasteiger partial charge in [-0.25, -0.2) is 9.97 Å². The molecule has 0 saturated carbocycles. The maximum Gasteiger partial charge on any atom is 0.206 e. The highest BCUT2D eigenvalue weighted by molar-refractivity contribution is 6.15. The minimum atomic E-state index is 0.491. The Bertz CT molecular complexity index is 2750. The predicted octanol–water partition coefficient (Wildman–Crippen LogP) is 8.37. The molecule has 0 spiro atoms. The molecule has 0 saturated heterocycles. The van der Waals surface area contributed by atoms with Gasteiger partial charge in [0.15, 0.2) is 0 Å². The monoisotopic (exact) mass is 584 g/mol. The van der Waals surface area contributed by atoms with E-state index in [2.05, 4.69) is 94.9 Å². The molecule has 6 nitrogen and oxygen atoms in total. The van der Waals surface area contributed by atoms with Gasteiger partial charge in [-0.3, -0.25) is 0 Å². The van der Waals surface area contributed by atoms with Crippen molar-refractivity contribution in [1.82, 2.24) is 9.97 Å². The Morgan fingerprint density at radius 1 is 0.391 bits per heavy atom. The second kappa shape index (κ2) is 9.89. The molecule has 1 aromatic heterocycles. The largest absolute Gasteiger partial charge is 0.241 e. The van der Waals surface area contributed by atoms with Gasteiger partial charge in [-0.2, -0.15) is 20.5 Å². The number of rotatable bonds is 2. The van der Waals surface area contributed by atoms with Crippen LogP contribution in [0.3, 0.4) is 0 Å². The van der Waals surface area contributed by atoms with Crippen LogP contribution in [-0.2, 0) is 0 Å². The molecule has 0 bridgehead atoms. The standard InChI is InChI=1S/C40H20N6/c41-21-43-35-33-19-29(27-11-9-23-5-1-3-7-25(23)17-27)13-15-31(33)37-39(35)46-38-32-16-14-30(20-34(32)36(44-22-42)40(38)45-37)28-12-10-24-6-2-4-8-26(24)18-28/h1-20H/b43-35-,44-36+. The smallest absolute Gasteiger partial charge is 0.206 e. The van der Waals surface area contributed by atoms with E-state index >= 15 is 0 Å². The van der Waals surface area contributed by atoms with Crippen LogP contribution in [0.4, 0.5) is 0 Å². The average Bonchev–Trinajstić information content (AvgIpc) is 3.57. The van der Waals surface area contributed by atoms with Crippen LogP contribution in [0.2, 0.25) is 0 Å². The zero-order chi connectivity index (χ0) is 30.8. The summed E-state index contributed by atoms with van der Waals surface area (Å²) >= 11 is 0.